The number of thiazole rings is 1. The number of aryl methyl sites for hydroxylation is 1. The zero-order valence-electron chi connectivity index (χ0n) is 19.6. The van der Waals surface area contributed by atoms with Crippen LogP contribution < -0.4 is 24.2 Å². The van der Waals surface area contributed by atoms with Gasteiger partial charge in [-0.05, 0) is 48.4 Å². The molecule has 1 aromatic heterocycles. The molecule has 0 unspecified atom stereocenters. The fourth-order valence-electron chi connectivity index (χ4n) is 3.57. The summed E-state index contributed by atoms with van der Waals surface area (Å²) >= 11 is 1.21. The van der Waals surface area contributed by atoms with Crippen molar-refractivity contribution >= 4 is 29.3 Å². The quantitative estimate of drug-likeness (QED) is 0.370. The lowest BCUT2D eigenvalue weighted by atomic mass is 10.1. The third-order valence-corrected chi connectivity index (χ3v) is 6.49. The topological polar surface area (TPSA) is 57.5 Å². The number of Topliss-reactive ketones (excluding diaryl/α,β-unsaturated/α-hetero) is 1. The van der Waals surface area contributed by atoms with Crippen LogP contribution in [0.3, 0.4) is 0 Å². The van der Waals surface area contributed by atoms with E-state index in [9.17, 15) is 14.0 Å². The number of nitrogens with zero attached hydrogens (tertiary/aromatic N) is 1. The van der Waals surface area contributed by atoms with Crippen molar-refractivity contribution in [3.8, 4) is 11.5 Å². The predicted octanol–water partition coefficient (Wildman–Crippen LogP) is 3.92. The number of halogens is 1. The van der Waals surface area contributed by atoms with Gasteiger partial charge in [-0.3, -0.25) is 14.2 Å². The summed E-state index contributed by atoms with van der Waals surface area (Å²) in [5.74, 6) is 0.274. The molecule has 0 bridgehead atoms. The number of hydrogen-bond donors (Lipinski definition) is 0. The van der Waals surface area contributed by atoms with E-state index in [0.717, 1.165) is 11.1 Å². The number of ether oxygens (including phenoxy) is 2. The summed E-state index contributed by atoms with van der Waals surface area (Å²) in [6.07, 6.45) is 3.22. The van der Waals surface area contributed by atoms with Gasteiger partial charge in [0.15, 0.2) is 5.78 Å². The van der Waals surface area contributed by atoms with E-state index in [-0.39, 0.29) is 23.7 Å². The number of ketones is 1. The average Bonchev–Trinajstić information content (AvgIpc) is 3.13. The molecule has 7 heteroatoms. The van der Waals surface area contributed by atoms with Crippen LogP contribution in [-0.4, -0.2) is 24.6 Å². The van der Waals surface area contributed by atoms with Crippen molar-refractivity contribution in [2.24, 2.45) is 0 Å². The van der Waals surface area contributed by atoms with Crippen LogP contribution >= 0.6 is 11.3 Å². The van der Waals surface area contributed by atoms with E-state index in [1.54, 1.807) is 36.4 Å². The number of benzene rings is 3. The van der Waals surface area contributed by atoms with Crippen LogP contribution in [0, 0.1) is 12.7 Å². The Labute approximate surface area is 206 Å². The summed E-state index contributed by atoms with van der Waals surface area (Å²) in [5.41, 5.74) is 2.73. The first kappa shape index (κ1) is 24.2. The molecule has 1 heterocycles. The SMILES string of the molecule is COc1cc(OC)cc(C(=O)/C=c2\s/c(=C\c3ccc(C)cc3)c(=O)n2Cc2cccc(F)c2)c1. The van der Waals surface area contributed by atoms with E-state index >= 15 is 0 Å². The van der Waals surface area contributed by atoms with Gasteiger partial charge in [0, 0.05) is 17.7 Å². The average molecular weight is 490 g/mol. The molecule has 0 amide bonds. The van der Waals surface area contributed by atoms with E-state index in [0.29, 0.717) is 31.8 Å². The lowest BCUT2D eigenvalue weighted by Crippen LogP contribution is -2.32. The van der Waals surface area contributed by atoms with E-state index < -0.39 is 0 Å². The number of aromatic nitrogens is 1. The molecule has 0 spiro atoms. The van der Waals surface area contributed by atoms with Crippen LogP contribution in [0.25, 0.3) is 12.2 Å². The van der Waals surface area contributed by atoms with Gasteiger partial charge in [-0.25, -0.2) is 4.39 Å². The van der Waals surface area contributed by atoms with Gasteiger partial charge in [0.05, 0.1) is 25.3 Å². The molecular formula is C28H24FNO4S. The van der Waals surface area contributed by atoms with Crippen molar-refractivity contribution in [1.82, 2.24) is 4.57 Å². The molecule has 0 atom stereocenters. The van der Waals surface area contributed by atoms with E-state index in [1.165, 1.54) is 48.3 Å². The highest BCUT2D eigenvalue weighted by Gasteiger charge is 2.12. The molecule has 0 saturated carbocycles. The lowest BCUT2D eigenvalue weighted by Gasteiger charge is -2.06. The molecule has 0 N–H and O–H groups in total. The van der Waals surface area contributed by atoms with Gasteiger partial charge in [0.1, 0.15) is 22.0 Å². The molecule has 0 aliphatic carbocycles. The molecule has 3 aromatic carbocycles. The van der Waals surface area contributed by atoms with Crippen LogP contribution in [0.15, 0.2) is 71.5 Å². The Kier molecular flexibility index (Phi) is 7.27. The molecule has 0 fully saturated rings. The molecule has 0 aliphatic heterocycles. The molecule has 5 nitrogen and oxygen atoms in total. The van der Waals surface area contributed by atoms with Crippen molar-refractivity contribution < 1.29 is 18.7 Å². The lowest BCUT2D eigenvalue weighted by molar-refractivity contribution is 0.106. The van der Waals surface area contributed by atoms with Crippen molar-refractivity contribution in [1.29, 1.82) is 0 Å². The highest BCUT2D eigenvalue weighted by molar-refractivity contribution is 7.07. The Morgan fingerprint density at radius 2 is 1.69 bits per heavy atom. The summed E-state index contributed by atoms with van der Waals surface area (Å²) in [6, 6.07) is 18.8. The van der Waals surface area contributed by atoms with Gasteiger partial charge in [-0.2, -0.15) is 0 Å². The first-order chi connectivity index (χ1) is 16.9. The maximum Gasteiger partial charge on any atom is 0.269 e. The van der Waals surface area contributed by atoms with Gasteiger partial charge < -0.3 is 9.47 Å². The second-order valence-corrected chi connectivity index (χ2v) is 9.05. The van der Waals surface area contributed by atoms with Crippen molar-refractivity contribution in [3.63, 3.8) is 0 Å². The zero-order valence-corrected chi connectivity index (χ0v) is 20.4. The minimum atomic E-state index is -0.387. The molecule has 0 aliphatic rings. The maximum atomic E-state index is 13.8. The molecule has 4 rings (SSSR count). The second kappa shape index (κ2) is 10.5. The van der Waals surface area contributed by atoms with Gasteiger partial charge >= 0.3 is 0 Å². The Morgan fingerprint density at radius 3 is 2.31 bits per heavy atom. The summed E-state index contributed by atoms with van der Waals surface area (Å²) in [5, 5.41) is 0. The molecule has 35 heavy (non-hydrogen) atoms. The molecule has 4 aromatic rings. The molecular weight excluding hydrogens is 465 g/mol. The standard InChI is InChI=1S/C28H24FNO4S/c1-18-7-9-19(10-8-18)12-26-28(32)30(17-20-5-4-6-22(29)11-20)27(35-26)16-25(31)21-13-23(33-2)15-24(14-21)34-3/h4-16H,17H2,1-3H3/b26-12-,27-16-. The second-order valence-electron chi connectivity index (χ2n) is 7.99. The Bertz CT molecular complexity index is 1530. The number of carbonyl (C=O) groups is 1. The third kappa shape index (κ3) is 5.75. The van der Waals surface area contributed by atoms with E-state index in [2.05, 4.69) is 0 Å². The number of hydrogen-bond acceptors (Lipinski definition) is 5. The molecule has 0 radical (unpaired) electrons. The zero-order chi connectivity index (χ0) is 24.9. The normalized spacial score (nSPS) is 12.1. The van der Waals surface area contributed by atoms with E-state index in [1.807, 2.05) is 31.2 Å². The Hall–Kier alpha value is -3.97. The van der Waals surface area contributed by atoms with Crippen LogP contribution in [0.1, 0.15) is 27.0 Å². The van der Waals surface area contributed by atoms with Gasteiger partial charge in [0.2, 0.25) is 0 Å². The van der Waals surface area contributed by atoms with Crippen molar-refractivity contribution in [3.05, 3.63) is 114 Å². The first-order valence-electron chi connectivity index (χ1n) is 10.9. The monoisotopic (exact) mass is 489 g/mol. The summed E-state index contributed by atoms with van der Waals surface area (Å²) in [6.45, 7) is 2.13. The number of methoxy groups -OCH3 is 2. The van der Waals surface area contributed by atoms with Crippen LogP contribution in [0.4, 0.5) is 4.39 Å². The number of carbonyl (C=O) groups excluding carboxylic acids is 1. The van der Waals surface area contributed by atoms with Gasteiger partial charge in [0.25, 0.3) is 5.56 Å². The predicted molar refractivity (Wildman–Crippen MR) is 136 cm³/mol. The molecule has 178 valence electrons. The van der Waals surface area contributed by atoms with Crippen LogP contribution in [0.2, 0.25) is 0 Å². The minimum Gasteiger partial charge on any atom is -0.497 e. The fourth-order valence-corrected chi connectivity index (χ4v) is 4.61. The van der Waals surface area contributed by atoms with Crippen molar-refractivity contribution in [2.75, 3.05) is 14.2 Å². The van der Waals surface area contributed by atoms with Crippen LogP contribution in [-0.2, 0) is 6.54 Å². The smallest absolute Gasteiger partial charge is 0.269 e. The van der Waals surface area contributed by atoms with Gasteiger partial charge in [-0.15, -0.1) is 11.3 Å². The van der Waals surface area contributed by atoms with E-state index in [4.69, 9.17) is 9.47 Å². The third-order valence-electron chi connectivity index (χ3n) is 5.43. The number of rotatable bonds is 7. The first-order valence-corrected chi connectivity index (χ1v) is 11.7. The van der Waals surface area contributed by atoms with Gasteiger partial charge in [-0.1, -0.05) is 42.0 Å². The largest absolute Gasteiger partial charge is 0.497 e. The Morgan fingerprint density at radius 1 is 1.00 bits per heavy atom. The maximum absolute atomic E-state index is 13.8. The summed E-state index contributed by atoms with van der Waals surface area (Å²) < 4.78 is 26.8. The Balaban J connectivity index is 1.86. The fraction of sp³-hybridized carbons (Fsp3) is 0.143. The minimum absolute atomic E-state index is 0.134. The van der Waals surface area contributed by atoms with Crippen LogP contribution in [0.5, 0.6) is 11.5 Å². The highest BCUT2D eigenvalue weighted by atomic mass is 32.1. The molecule has 0 saturated heterocycles. The summed E-state index contributed by atoms with van der Waals surface area (Å²) in [4.78, 5) is 26.5. The summed E-state index contributed by atoms with van der Waals surface area (Å²) in [7, 11) is 3.02. The van der Waals surface area contributed by atoms with Crippen molar-refractivity contribution in [2.45, 2.75) is 13.5 Å². The highest BCUT2D eigenvalue weighted by Crippen LogP contribution is 2.23.